The van der Waals surface area contributed by atoms with Crippen LogP contribution in [-0.4, -0.2) is 48.5 Å². The molecular formula is C19H22N4O3. The minimum absolute atomic E-state index is 0.0132. The van der Waals surface area contributed by atoms with Gasteiger partial charge in [-0.05, 0) is 25.1 Å². The van der Waals surface area contributed by atoms with Crippen LogP contribution in [0.1, 0.15) is 5.56 Å². The zero-order valence-corrected chi connectivity index (χ0v) is 14.7. The van der Waals surface area contributed by atoms with Gasteiger partial charge in [0, 0.05) is 49.2 Å². The Morgan fingerprint density at radius 2 is 1.81 bits per heavy atom. The van der Waals surface area contributed by atoms with Gasteiger partial charge in [-0.15, -0.1) is 0 Å². The van der Waals surface area contributed by atoms with E-state index in [4.69, 9.17) is 0 Å². The van der Waals surface area contributed by atoms with E-state index in [1.54, 1.807) is 19.1 Å². The summed E-state index contributed by atoms with van der Waals surface area (Å²) in [6, 6.07) is 15.0. The lowest BCUT2D eigenvalue weighted by molar-refractivity contribution is -0.385. The summed E-state index contributed by atoms with van der Waals surface area (Å²) in [6.45, 7) is 5.30. The van der Waals surface area contributed by atoms with Crippen LogP contribution >= 0.6 is 0 Å². The summed E-state index contributed by atoms with van der Waals surface area (Å²) >= 11 is 0. The maximum Gasteiger partial charge on any atom is 0.274 e. The van der Waals surface area contributed by atoms with E-state index < -0.39 is 4.92 Å². The molecule has 0 spiro atoms. The summed E-state index contributed by atoms with van der Waals surface area (Å²) in [7, 11) is 0. The molecule has 136 valence electrons. The summed E-state index contributed by atoms with van der Waals surface area (Å²) in [5, 5.41) is 13.8. The number of hydrogen-bond acceptors (Lipinski definition) is 5. The van der Waals surface area contributed by atoms with Gasteiger partial charge in [0.15, 0.2) is 0 Å². The van der Waals surface area contributed by atoms with Crippen molar-refractivity contribution in [2.24, 2.45) is 0 Å². The monoisotopic (exact) mass is 354 g/mol. The maximum absolute atomic E-state index is 12.3. The fourth-order valence-electron chi connectivity index (χ4n) is 3.09. The van der Waals surface area contributed by atoms with E-state index in [9.17, 15) is 14.9 Å². The Morgan fingerprint density at radius 3 is 2.46 bits per heavy atom. The summed E-state index contributed by atoms with van der Waals surface area (Å²) in [4.78, 5) is 27.2. The summed E-state index contributed by atoms with van der Waals surface area (Å²) < 4.78 is 0. The van der Waals surface area contributed by atoms with Gasteiger partial charge in [0.2, 0.25) is 5.91 Å². The van der Waals surface area contributed by atoms with Crippen molar-refractivity contribution in [1.29, 1.82) is 0 Å². The molecule has 2 aromatic carbocycles. The Morgan fingerprint density at radius 1 is 1.12 bits per heavy atom. The minimum atomic E-state index is -0.437. The zero-order chi connectivity index (χ0) is 18.5. The van der Waals surface area contributed by atoms with Crippen molar-refractivity contribution in [2.45, 2.75) is 6.92 Å². The predicted molar refractivity (Wildman–Crippen MR) is 102 cm³/mol. The van der Waals surface area contributed by atoms with Gasteiger partial charge in [-0.25, -0.2) is 0 Å². The summed E-state index contributed by atoms with van der Waals surface area (Å²) in [6.07, 6.45) is 0. The average Bonchev–Trinajstić information content (AvgIpc) is 2.64. The van der Waals surface area contributed by atoms with Gasteiger partial charge >= 0.3 is 0 Å². The van der Waals surface area contributed by atoms with E-state index in [1.807, 2.05) is 18.2 Å². The third-order valence-corrected chi connectivity index (χ3v) is 4.55. The molecule has 26 heavy (non-hydrogen) atoms. The first kappa shape index (κ1) is 17.9. The average molecular weight is 354 g/mol. The number of nitro groups is 1. The normalized spacial score (nSPS) is 14.9. The lowest BCUT2D eigenvalue weighted by atomic mass is 10.2. The smallest absolute Gasteiger partial charge is 0.274 e. The second kappa shape index (κ2) is 7.97. The fourth-order valence-corrected chi connectivity index (χ4v) is 3.09. The number of nitrogens with zero attached hydrogens (tertiary/aromatic N) is 3. The van der Waals surface area contributed by atoms with Gasteiger partial charge in [0.05, 0.1) is 11.5 Å². The number of benzene rings is 2. The molecule has 0 radical (unpaired) electrons. The molecule has 0 saturated carbocycles. The fraction of sp³-hybridized carbons (Fsp3) is 0.316. The number of rotatable bonds is 5. The number of anilines is 2. The van der Waals surface area contributed by atoms with Crippen LogP contribution in [0, 0.1) is 17.0 Å². The first-order chi connectivity index (χ1) is 12.5. The van der Waals surface area contributed by atoms with E-state index in [1.165, 1.54) is 11.8 Å². The number of carbonyl (C=O) groups is 1. The molecule has 1 amide bonds. The van der Waals surface area contributed by atoms with Gasteiger partial charge in [0.1, 0.15) is 0 Å². The van der Waals surface area contributed by atoms with Crippen LogP contribution < -0.4 is 10.2 Å². The Kier molecular flexibility index (Phi) is 5.48. The molecule has 2 aromatic rings. The summed E-state index contributed by atoms with van der Waals surface area (Å²) in [5.74, 6) is -0.156. The number of carbonyl (C=O) groups excluding carboxylic acids is 1. The highest BCUT2D eigenvalue weighted by atomic mass is 16.6. The molecule has 1 aliphatic rings. The number of aryl methyl sites for hydroxylation is 1. The molecule has 0 atom stereocenters. The van der Waals surface area contributed by atoms with E-state index in [-0.39, 0.29) is 18.1 Å². The second-order valence-corrected chi connectivity index (χ2v) is 6.41. The first-order valence-electron chi connectivity index (χ1n) is 8.60. The zero-order valence-electron chi connectivity index (χ0n) is 14.7. The van der Waals surface area contributed by atoms with Gasteiger partial charge in [-0.3, -0.25) is 19.8 Å². The minimum Gasteiger partial charge on any atom is -0.369 e. The van der Waals surface area contributed by atoms with E-state index in [0.29, 0.717) is 11.3 Å². The van der Waals surface area contributed by atoms with Crippen LogP contribution in [0.15, 0.2) is 48.5 Å². The molecule has 1 saturated heterocycles. The number of amides is 1. The first-order valence-corrected chi connectivity index (χ1v) is 8.60. The molecule has 1 N–H and O–H groups in total. The highest BCUT2D eigenvalue weighted by molar-refractivity contribution is 5.92. The van der Waals surface area contributed by atoms with Crippen LogP contribution in [0.4, 0.5) is 17.1 Å². The van der Waals surface area contributed by atoms with Crippen LogP contribution in [-0.2, 0) is 4.79 Å². The molecule has 1 fully saturated rings. The van der Waals surface area contributed by atoms with E-state index in [0.717, 1.165) is 26.2 Å². The third kappa shape index (κ3) is 4.37. The standard InChI is InChI=1S/C19H22N4O3/c1-15-7-8-16(13-18(15)23(25)26)20-19(24)14-21-9-11-22(12-10-21)17-5-3-2-4-6-17/h2-8,13H,9-12,14H2,1H3,(H,20,24). The van der Waals surface area contributed by atoms with Crippen molar-refractivity contribution in [3.05, 3.63) is 64.2 Å². The molecule has 0 unspecified atom stereocenters. The SMILES string of the molecule is Cc1ccc(NC(=O)CN2CCN(c3ccccc3)CC2)cc1[N+](=O)[O-]. The molecule has 1 aliphatic heterocycles. The number of hydrogen-bond donors (Lipinski definition) is 1. The molecule has 1 heterocycles. The van der Waals surface area contributed by atoms with Gasteiger partial charge < -0.3 is 10.2 Å². The molecule has 0 aliphatic carbocycles. The molecule has 7 heteroatoms. The van der Waals surface area contributed by atoms with Crippen molar-refractivity contribution in [3.8, 4) is 0 Å². The molecule has 0 aromatic heterocycles. The lowest BCUT2D eigenvalue weighted by Crippen LogP contribution is -2.48. The Bertz CT molecular complexity index is 787. The van der Waals surface area contributed by atoms with Crippen LogP contribution in [0.5, 0.6) is 0 Å². The largest absolute Gasteiger partial charge is 0.369 e. The van der Waals surface area contributed by atoms with E-state index >= 15 is 0 Å². The third-order valence-electron chi connectivity index (χ3n) is 4.55. The van der Waals surface area contributed by atoms with Gasteiger partial charge in [0.25, 0.3) is 5.69 Å². The van der Waals surface area contributed by atoms with Crippen molar-refractivity contribution in [3.63, 3.8) is 0 Å². The highest BCUT2D eigenvalue weighted by Crippen LogP contribution is 2.22. The van der Waals surface area contributed by atoms with Crippen molar-refractivity contribution >= 4 is 23.0 Å². The molecule has 7 nitrogen and oxygen atoms in total. The van der Waals surface area contributed by atoms with Crippen LogP contribution in [0.3, 0.4) is 0 Å². The number of para-hydroxylation sites is 1. The van der Waals surface area contributed by atoms with Crippen molar-refractivity contribution in [1.82, 2.24) is 4.90 Å². The Hall–Kier alpha value is -2.93. The number of nitrogens with one attached hydrogen (secondary N) is 1. The van der Waals surface area contributed by atoms with Crippen molar-refractivity contribution in [2.75, 3.05) is 42.9 Å². The number of nitro benzene ring substituents is 1. The molecular weight excluding hydrogens is 332 g/mol. The lowest BCUT2D eigenvalue weighted by Gasteiger charge is -2.35. The number of piperazine rings is 1. The maximum atomic E-state index is 12.3. The Balaban J connectivity index is 1.52. The van der Waals surface area contributed by atoms with Crippen molar-refractivity contribution < 1.29 is 9.72 Å². The van der Waals surface area contributed by atoms with Crippen LogP contribution in [0.25, 0.3) is 0 Å². The quantitative estimate of drug-likeness (QED) is 0.660. The van der Waals surface area contributed by atoms with Crippen LogP contribution in [0.2, 0.25) is 0 Å². The molecule has 0 bridgehead atoms. The highest BCUT2D eigenvalue weighted by Gasteiger charge is 2.19. The van der Waals surface area contributed by atoms with Gasteiger partial charge in [-0.1, -0.05) is 24.3 Å². The molecule has 3 rings (SSSR count). The summed E-state index contributed by atoms with van der Waals surface area (Å²) in [5.41, 5.74) is 2.24. The topological polar surface area (TPSA) is 78.7 Å². The van der Waals surface area contributed by atoms with Gasteiger partial charge in [-0.2, -0.15) is 0 Å². The second-order valence-electron chi connectivity index (χ2n) is 6.41. The Labute approximate surface area is 152 Å². The predicted octanol–water partition coefficient (Wildman–Crippen LogP) is 2.66. The van der Waals surface area contributed by atoms with E-state index in [2.05, 4.69) is 27.2 Å².